The zero-order valence-electron chi connectivity index (χ0n) is 10.8. The van der Waals surface area contributed by atoms with E-state index in [0.29, 0.717) is 5.02 Å². The number of nitrogens with two attached hydrogens (primary N) is 1. The van der Waals surface area contributed by atoms with Gasteiger partial charge in [0, 0.05) is 5.02 Å². The maximum absolute atomic E-state index is 11.7. The van der Waals surface area contributed by atoms with Crippen LogP contribution in [0.1, 0.15) is 23.6 Å². The fourth-order valence-corrected chi connectivity index (χ4v) is 2.43. The first kappa shape index (κ1) is 16.8. The first-order valence-corrected chi connectivity index (χ1v) is 6.52. The highest BCUT2D eigenvalue weighted by Gasteiger charge is 2.23. The van der Waals surface area contributed by atoms with E-state index in [4.69, 9.17) is 17.3 Å². The molecule has 0 saturated heterocycles. The Bertz CT molecular complexity index is 508. The first-order chi connectivity index (χ1) is 9.10. The molecule has 1 unspecified atom stereocenters. The third-order valence-corrected chi connectivity index (χ3v) is 3.38. The average molecular weight is 318 g/mol. The van der Waals surface area contributed by atoms with Crippen molar-refractivity contribution < 1.29 is 9.59 Å². The number of hydrogen-bond donors (Lipinski definition) is 3. The number of halogens is 2. The van der Waals surface area contributed by atoms with E-state index in [9.17, 15) is 9.59 Å². The molecule has 0 radical (unpaired) electrons. The minimum absolute atomic E-state index is 0. The van der Waals surface area contributed by atoms with Crippen LogP contribution in [-0.2, 0) is 16.0 Å². The summed E-state index contributed by atoms with van der Waals surface area (Å²) in [6.45, 7) is -0.159. The monoisotopic (exact) mass is 317 g/mol. The molecule has 0 aliphatic heterocycles. The van der Waals surface area contributed by atoms with Gasteiger partial charge in [-0.3, -0.25) is 9.59 Å². The molecule has 1 atom stereocenters. The molecular weight excluding hydrogens is 301 g/mol. The second-order valence-corrected chi connectivity index (χ2v) is 4.92. The van der Waals surface area contributed by atoms with Gasteiger partial charge in [-0.25, -0.2) is 0 Å². The summed E-state index contributed by atoms with van der Waals surface area (Å²) in [7, 11) is 0. The number of hydrogen-bond acceptors (Lipinski definition) is 3. The lowest BCUT2D eigenvalue weighted by molar-refractivity contribution is -0.125. The Labute approximate surface area is 128 Å². The van der Waals surface area contributed by atoms with Crippen molar-refractivity contribution in [2.45, 2.75) is 18.9 Å². The molecule has 5 nitrogen and oxygen atoms in total. The van der Waals surface area contributed by atoms with Crippen LogP contribution < -0.4 is 16.4 Å². The second-order valence-electron chi connectivity index (χ2n) is 4.48. The van der Waals surface area contributed by atoms with Gasteiger partial charge in [0.25, 0.3) is 0 Å². The minimum Gasteiger partial charge on any atom is -0.348 e. The van der Waals surface area contributed by atoms with Crippen LogP contribution in [-0.4, -0.2) is 24.9 Å². The van der Waals surface area contributed by atoms with E-state index >= 15 is 0 Å². The van der Waals surface area contributed by atoms with E-state index < -0.39 is 0 Å². The van der Waals surface area contributed by atoms with Gasteiger partial charge in [0.1, 0.15) is 0 Å². The molecular formula is C13H17Cl2N3O2. The van der Waals surface area contributed by atoms with Crippen LogP contribution in [0.2, 0.25) is 5.02 Å². The van der Waals surface area contributed by atoms with E-state index in [1.165, 1.54) is 5.56 Å². The number of amides is 2. The first-order valence-electron chi connectivity index (χ1n) is 6.14. The Balaban J connectivity index is 0.00000200. The normalized spacial score (nSPS) is 16.0. The number of benzene rings is 1. The number of carbonyl (C=O) groups is 2. The number of fused-ring (bicyclic) bond motifs is 1. The van der Waals surface area contributed by atoms with E-state index in [1.807, 2.05) is 18.2 Å². The molecule has 110 valence electrons. The highest BCUT2D eigenvalue weighted by atomic mass is 35.5. The Kier molecular flexibility index (Phi) is 6.26. The van der Waals surface area contributed by atoms with Gasteiger partial charge in [-0.2, -0.15) is 0 Å². The van der Waals surface area contributed by atoms with Gasteiger partial charge in [0.2, 0.25) is 11.8 Å². The van der Waals surface area contributed by atoms with Crippen LogP contribution >= 0.6 is 24.0 Å². The van der Waals surface area contributed by atoms with Crippen molar-refractivity contribution in [1.82, 2.24) is 10.6 Å². The van der Waals surface area contributed by atoms with E-state index in [-0.39, 0.29) is 43.4 Å². The smallest absolute Gasteiger partial charge is 0.239 e. The van der Waals surface area contributed by atoms with Crippen LogP contribution in [0.5, 0.6) is 0 Å². The Morgan fingerprint density at radius 2 is 2.10 bits per heavy atom. The van der Waals surface area contributed by atoms with Crippen molar-refractivity contribution in [2.24, 2.45) is 5.73 Å². The molecule has 0 heterocycles. The van der Waals surface area contributed by atoms with Gasteiger partial charge in [0.15, 0.2) is 0 Å². The van der Waals surface area contributed by atoms with Gasteiger partial charge in [-0.1, -0.05) is 17.7 Å². The zero-order valence-corrected chi connectivity index (χ0v) is 12.4. The number of nitrogens with one attached hydrogen (secondary N) is 2. The van der Waals surface area contributed by atoms with Crippen molar-refractivity contribution in [2.75, 3.05) is 13.1 Å². The van der Waals surface area contributed by atoms with Gasteiger partial charge < -0.3 is 16.4 Å². The fraction of sp³-hybridized carbons (Fsp3) is 0.385. The SMILES string of the molecule is Cl.NCC(=O)NCC(=O)NC1CCc2cc(Cl)ccc21. The minimum atomic E-state index is -0.339. The summed E-state index contributed by atoms with van der Waals surface area (Å²) in [4.78, 5) is 22.7. The third kappa shape index (κ3) is 4.10. The topological polar surface area (TPSA) is 84.2 Å². The van der Waals surface area contributed by atoms with Crippen LogP contribution in [0.3, 0.4) is 0 Å². The highest BCUT2D eigenvalue weighted by Crippen LogP contribution is 2.32. The molecule has 4 N–H and O–H groups in total. The molecule has 1 aliphatic rings. The molecule has 7 heteroatoms. The summed E-state index contributed by atoms with van der Waals surface area (Å²) < 4.78 is 0. The summed E-state index contributed by atoms with van der Waals surface area (Å²) >= 11 is 5.93. The highest BCUT2D eigenvalue weighted by molar-refractivity contribution is 6.30. The maximum Gasteiger partial charge on any atom is 0.239 e. The van der Waals surface area contributed by atoms with Crippen molar-refractivity contribution >= 4 is 35.8 Å². The molecule has 1 aromatic carbocycles. The summed E-state index contributed by atoms with van der Waals surface area (Å²) in [5, 5.41) is 6.05. The molecule has 1 aromatic rings. The lowest BCUT2D eigenvalue weighted by Crippen LogP contribution is -2.40. The van der Waals surface area contributed by atoms with Crippen LogP contribution in [0.4, 0.5) is 0 Å². The van der Waals surface area contributed by atoms with Crippen molar-refractivity contribution in [3.63, 3.8) is 0 Å². The molecule has 1 aliphatic carbocycles. The Hall–Kier alpha value is -1.30. The molecule has 0 spiro atoms. The van der Waals surface area contributed by atoms with E-state index in [1.54, 1.807) is 0 Å². The van der Waals surface area contributed by atoms with Gasteiger partial charge in [0.05, 0.1) is 19.1 Å². The molecule has 2 amide bonds. The number of carbonyl (C=O) groups excluding carboxylic acids is 2. The third-order valence-electron chi connectivity index (χ3n) is 3.15. The number of rotatable bonds is 4. The van der Waals surface area contributed by atoms with Crippen molar-refractivity contribution in [3.8, 4) is 0 Å². The van der Waals surface area contributed by atoms with E-state index in [2.05, 4.69) is 10.6 Å². The van der Waals surface area contributed by atoms with Crippen LogP contribution in [0, 0.1) is 0 Å². The lowest BCUT2D eigenvalue weighted by Gasteiger charge is -2.14. The summed E-state index contributed by atoms with van der Waals surface area (Å²) in [6, 6.07) is 5.68. The molecule has 0 saturated carbocycles. The largest absolute Gasteiger partial charge is 0.348 e. The Morgan fingerprint density at radius 1 is 1.35 bits per heavy atom. The lowest BCUT2D eigenvalue weighted by atomic mass is 10.1. The standard InChI is InChI=1S/C13H16ClN3O2.ClH/c14-9-2-3-10-8(5-9)1-4-11(10)17-13(19)7-16-12(18)6-15;/h2-3,5,11H,1,4,6-7,15H2,(H,16,18)(H,17,19);1H. The summed E-state index contributed by atoms with van der Waals surface area (Å²) in [5.74, 6) is -0.552. The quantitative estimate of drug-likeness (QED) is 0.772. The molecule has 20 heavy (non-hydrogen) atoms. The summed E-state index contributed by atoms with van der Waals surface area (Å²) in [5.41, 5.74) is 7.41. The van der Waals surface area contributed by atoms with Gasteiger partial charge in [-0.15, -0.1) is 12.4 Å². The summed E-state index contributed by atoms with van der Waals surface area (Å²) in [6.07, 6.45) is 1.75. The predicted octanol–water partition coefficient (Wildman–Crippen LogP) is 0.940. The fourth-order valence-electron chi connectivity index (χ4n) is 2.23. The van der Waals surface area contributed by atoms with Crippen LogP contribution in [0.15, 0.2) is 18.2 Å². The van der Waals surface area contributed by atoms with Crippen LogP contribution in [0.25, 0.3) is 0 Å². The average Bonchev–Trinajstić information content (AvgIpc) is 2.78. The maximum atomic E-state index is 11.7. The Morgan fingerprint density at radius 3 is 2.80 bits per heavy atom. The predicted molar refractivity (Wildman–Crippen MR) is 80.0 cm³/mol. The molecule has 0 aromatic heterocycles. The van der Waals surface area contributed by atoms with Crippen molar-refractivity contribution in [3.05, 3.63) is 34.3 Å². The second kappa shape index (κ2) is 7.47. The number of aryl methyl sites for hydroxylation is 1. The van der Waals surface area contributed by atoms with Gasteiger partial charge in [-0.05, 0) is 36.1 Å². The molecule has 0 fully saturated rings. The molecule has 2 rings (SSSR count). The van der Waals surface area contributed by atoms with Crippen molar-refractivity contribution in [1.29, 1.82) is 0 Å². The van der Waals surface area contributed by atoms with Gasteiger partial charge >= 0.3 is 0 Å². The molecule has 0 bridgehead atoms. The zero-order chi connectivity index (χ0) is 13.8. The van der Waals surface area contributed by atoms with E-state index in [0.717, 1.165) is 18.4 Å².